The summed E-state index contributed by atoms with van der Waals surface area (Å²) >= 11 is 1.56. The number of anilines is 1. The van der Waals surface area contributed by atoms with Gasteiger partial charge in [0, 0.05) is 24.2 Å². The molecule has 6 rings (SSSR count). The Hall–Kier alpha value is -3.08. The van der Waals surface area contributed by atoms with Crippen molar-refractivity contribution in [2.45, 2.75) is 82.6 Å². The predicted molar refractivity (Wildman–Crippen MR) is 159 cm³/mol. The highest BCUT2D eigenvalue weighted by Gasteiger charge is 2.31. The summed E-state index contributed by atoms with van der Waals surface area (Å²) in [6, 6.07) is 12.5. The number of aryl methyl sites for hydroxylation is 3. The minimum Gasteiger partial charge on any atom is -0.306 e. The second kappa shape index (κ2) is 11.1. The highest BCUT2D eigenvalue weighted by molar-refractivity contribution is 7.89. The first-order valence-corrected chi connectivity index (χ1v) is 16.5. The van der Waals surface area contributed by atoms with Gasteiger partial charge in [-0.3, -0.25) is 4.79 Å². The Morgan fingerprint density at radius 2 is 1.73 bits per heavy atom. The van der Waals surface area contributed by atoms with E-state index in [4.69, 9.17) is 4.98 Å². The smallest absolute Gasteiger partial charge is 0.256 e. The molecule has 1 fully saturated rings. The maximum Gasteiger partial charge on any atom is 0.256 e. The number of hydrogen-bond acceptors (Lipinski definition) is 6. The van der Waals surface area contributed by atoms with Gasteiger partial charge < -0.3 is 5.32 Å². The molecule has 2 aliphatic rings. The van der Waals surface area contributed by atoms with Gasteiger partial charge in [-0.2, -0.15) is 14.1 Å². The van der Waals surface area contributed by atoms with Gasteiger partial charge in [0.2, 0.25) is 15.2 Å². The van der Waals surface area contributed by atoms with Gasteiger partial charge in [-0.15, -0.1) is 0 Å². The minimum atomic E-state index is -3.63. The number of fused-ring (bicyclic) bond motifs is 2. The summed E-state index contributed by atoms with van der Waals surface area (Å²) in [6.45, 7) is 4.20. The van der Waals surface area contributed by atoms with Gasteiger partial charge in [0.1, 0.15) is 5.82 Å². The van der Waals surface area contributed by atoms with Crippen LogP contribution in [0.25, 0.3) is 15.3 Å². The van der Waals surface area contributed by atoms with Crippen molar-refractivity contribution in [3.63, 3.8) is 0 Å². The van der Waals surface area contributed by atoms with Crippen LogP contribution >= 0.6 is 11.3 Å². The van der Waals surface area contributed by atoms with Gasteiger partial charge in [-0.05, 0) is 93.0 Å². The normalized spacial score (nSPS) is 16.4. The average molecular weight is 578 g/mol. The lowest BCUT2D eigenvalue weighted by Crippen LogP contribution is -2.41. The van der Waals surface area contributed by atoms with Crippen molar-refractivity contribution < 1.29 is 13.2 Å². The van der Waals surface area contributed by atoms with E-state index in [0.29, 0.717) is 23.1 Å². The van der Waals surface area contributed by atoms with Crippen LogP contribution in [0, 0.1) is 6.92 Å². The third-order valence-electron chi connectivity index (χ3n) is 8.11. The zero-order valence-corrected chi connectivity index (χ0v) is 24.7. The molecule has 4 aromatic rings. The van der Waals surface area contributed by atoms with Gasteiger partial charge >= 0.3 is 0 Å². The number of sulfonamides is 1. The van der Waals surface area contributed by atoms with Crippen molar-refractivity contribution >= 4 is 43.3 Å². The molecule has 2 aliphatic carbocycles. The van der Waals surface area contributed by atoms with E-state index in [0.717, 1.165) is 60.9 Å². The Balaban J connectivity index is 1.22. The van der Waals surface area contributed by atoms with E-state index in [2.05, 4.69) is 22.5 Å². The Morgan fingerprint density at radius 3 is 2.42 bits per heavy atom. The second-order valence-corrected chi connectivity index (χ2v) is 13.8. The number of rotatable bonds is 7. The largest absolute Gasteiger partial charge is 0.306 e. The standard InChI is InChI=1S/C30H35N5O3S2/c1-3-34(24-11-5-4-6-12-24)40(37,38)25-15-13-21(14-16-25)29(36)32-28-17-20(2)33-35(28)30-31-26-18-22-9-7-8-10-23(22)19-27(26)39-30/h13-19,24H,3-12H2,1-2H3,(H,32,36). The van der Waals surface area contributed by atoms with Crippen LogP contribution in [0.4, 0.5) is 5.82 Å². The van der Waals surface area contributed by atoms with E-state index in [1.165, 1.54) is 36.1 Å². The molecule has 210 valence electrons. The van der Waals surface area contributed by atoms with Crippen LogP contribution in [-0.4, -0.2) is 46.0 Å². The summed E-state index contributed by atoms with van der Waals surface area (Å²) in [4.78, 5) is 18.3. The summed E-state index contributed by atoms with van der Waals surface area (Å²) in [7, 11) is -3.63. The number of carbonyl (C=O) groups is 1. The molecule has 1 saturated carbocycles. The van der Waals surface area contributed by atoms with E-state index in [1.54, 1.807) is 32.5 Å². The van der Waals surface area contributed by atoms with Gasteiger partial charge in [0.05, 0.1) is 20.8 Å². The monoisotopic (exact) mass is 577 g/mol. The predicted octanol–water partition coefficient (Wildman–Crippen LogP) is 6.26. The third-order valence-corrected chi connectivity index (χ3v) is 11.1. The lowest BCUT2D eigenvalue weighted by atomic mass is 9.92. The number of nitrogens with one attached hydrogen (secondary N) is 1. The van der Waals surface area contributed by atoms with Crippen molar-refractivity contribution in [2.75, 3.05) is 11.9 Å². The molecule has 2 heterocycles. The van der Waals surface area contributed by atoms with Crippen LogP contribution in [0.1, 0.15) is 79.0 Å². The molecular formula is C30H35N5O3S2. The molecule has 8 nitrogen and oxygen atoms in total. The Kier molecular flexibility index (Phi) is 7.50. The number of nitrogens with zero attached hydrogens (tertiary/aromatic N) is 4. The SMILES string of the molecule is CCN(C1CCCCC1)S(=O)(=O)c1ccc(C(=O)Nc2cc(C)nn2-c2nc3cc4c(cc3s2)CCCC4)cc1. The molecule has 1 amide bonds. The van der Waals surface area contributed by atoms with Crippen LogP contribution in [0.15, 0.2) is 47.4 Å². The Labute approximate surface area is 239 Å². The lowest BCUT2D eigenvalue weighted by Gasteiger charge is -2.32. The Bertz CT molecular complexity index is 1610. The summed E-state index contributed by atoms with van der Waals surface area (Å²) < 4.78 is 31.2. The molecule has 1 N–H and O–H groups in total. The molecule has 0 bridgehead atoms. The van der Waals surface area contributed by atoms with Crippen LogP contribution in [0.3, 0.4) is 0 Å². The summed E-state index contributed by atoms with van der Waals surface area (Å²) in [5, 5.41) is 8.26. The molecule has 0 atom stereocenters. The number of carbonyl (C=O) groups excluding carboxylic acids is 1. The van der Waals surface area contributed by atoms with Crippen LogP contribution < -0.4 is 5.32 Å². The fourth-order valence-electron chi connectivity index (χ4n) is 6.06. The van der Waals surface area contributed by atoms with Crippen molar-refractivity contribution in [1.29, 1.82) is 0 Å². The average Bonchev–Trinajstić information content (AvgIpc) is 3.54. The van der Waals surface area contributed by atoms with Crippen molar-refractivity contribution in [1.82, 2.24) is 19.1 Å². The highest BCUT2D eigenvalue weighted by atomic mass is 32.2. The molecule has 0 aliphatic heterocycles. The summed E-state index contributed by atoms with van der Waals surface area (Å²) in [5.41, 5.74) is 4.88. The van der Waals surface area contributed by atoms with Crippen LogP contribution in [0.5, 0.6) is 0 Å². The first-order chi connectivity index (χ1) is 19.3. The summed E-state index contributed by atoms with van der Waals surface area (Å²) in [6.07, 6.45) is 9.73. The number of thiazole rings is 1. The Morgan fingerprint density at radius 1 is 1.02 bits per heavy atom. The van der Waals surface area contributed by atoms with Gasteiger partial charge in [-0.25, -0.2) is 13.4 Å². The first kappa shape index (κ1) is 27.1. The molecule has 2 aromatic carbocycles. The maximum atomic E-state index is 13.4. The van der Waals surface area contributed by atoms with E-state index < -0.39 is 10.0 Å². The fourth-order valence-corrected chi connectivity index (χ4v) is 8.73. The maximum absolute atomic E-state index is 13.4. The van der Waals surface area contributed by atoms with Gasteiger partial charge in [0.25, 0.3) is 5.91 Å². The molecule has 0 spiro atoms. The molecule has 0 unspecified atom stereocenters. The minimum absolute atomic E-state index is 0.0446. The van der Waals surface area contributed by atoms with Crippen LogP contribution in [-0.2, 0) is 22.9 Å². The molecule has 40 heavy (non-hydrogen) atoms. The first-order valence-electron chi connectivity index (χ1n) is 14.3. The highest BCUT2D eigenvalue weighted by Crippen LogP contribution is 2.33. The topological polar surface area (TPSA) is 97.2 Å². The van der Waals surface area contributed by atoms with E-state index in [-0.39, 0.29) is 16.8 Å². The molecule has 2 aromatic heterocycles. The quantitative estimate of drug-likeness (QED) is 0.279. The molecule has 0 radical (unpaired) electrons. The second-order valence-electron chi connectivity index (χ2n) is 10.9. The van der Waals surface area contributed by atoms with Crippen LogP contribution in [0.2, 0.25) is 0 Å². The van der Waals surface area contributed by atoms with E-state index >= 15 is 0 Å². The number of aromatic nitrogens is 3. The molecule has 0 saturated heterocycles. The third kappa shape index (κ3) is 5.20. The number of hydrogen-bond donors (Lipinski definition) is 1. The van der Waals surface area contributed by atoms with E-state index in [9.17, 15) is 13.2 Å². The van der Waals surface area contributed by atoms with E-state index in [1.807, 2.05) is 19.9 Å². The van der Waals surface area contributed by atoms with Gasteiger partial charge in [-0.1, -0.05) is 37.5 Å². The zero-order chi connectivity index (χ0) is 27.9. The summed E-state index contributed by atoms with van der Waals surface area (Å²) in [5.74, 6) is 0.193. The van der Waals surface area contributed by atoms with Crippen molar-refractivity contribution in [3.8, 4) is 5.13 Å². The zero-order valence-electron chi connectivity index (χ0n) is 23.0. The fraction of sp³-hybridized carbons (Fsp3) is 0.433. The lowest BCUT2D eigenvalue weighted by molar-refractivity contribution is 0.102. The van der Waals surface area contributed by atoms with Gasteiger partial charge in [0.15, 0.2) is 0 Å². The number of benzene rings is 2. The number of amides is 1. The molecule has 10 heteroatoms. The molecular weight excluding hydrogens is 542 g/mol. The van der Waals surface area contributed by atoms with Crippen molar-refractivity contribution in [2.24, 2.45) is 0 Å². The van der Waals surface area contributed by atoms with Crippen molar-refractivity contribution in [3.05, 3.63) is 64.8 Å².